The van der Waals surface area contributed by atoms with Crippen LogP contribution in [0.25, 0.3) is 22.9 Å². The minimum absolute atomic E-state index is 0.776. The van der Waals surface area contributed by atoms with Crippen molar-refractivity contribution in [3.8, 4) is 0 Å². The SMILES string of the molecule is C=Cc1cc2ccccc2c(N)c1C=C. The summed E-state index contributed by atoms with van der Waals surface area (Å²) in [4.78, 5) is 0. The smallest absolute Gasteiger partial charge is 0.0473 e. The Bertz CT molecular complexity index is 538. The van der Waals surface area contributed by atoms with Gasteiger partial charge >= 0.3 is 0 Å². The Kier molecular flexibility index (Phi) is 2.30. The summed E-state index contributed by atoms with van der Waals surface area (Å²) in [5, 5.41) is 2.20. The topological polar surface area (TPSA) is 26.0 Å². The molecule has 0 saturated heterocycles. The van der Waals surface area contributed by atoms with Gasteiger partial charge in [0.15, 0.2) is 0 Å². The van der Waals surface area contributed by atoms with Crippen LogP contribution in [0.3, 0.4) is 0 Å². The van der Waals surface area contributed by atoms with Gasteiger partial charge in [-0.3, -0.25) is 0 Å². The molecule has 1 nitrogen and oxygen atoms in total. The highest BCUT2D eigenvalue weighted by atomic mass is 14.6. The van der Waals surface area contributed by atoms with E-state index in [1.165, 1.54) is 0 Å². The van der Waals surface area contributed by atoms with Crippen molar-refractivity contribution in [2.75, 3.05) is 5.73 Å². The Hall–Kier alpha value is -2.02. The molecule has 1 heteroatoms. The zero-order valence-electron chi connectivity index (χ0n) is 8.53. The van der Waals surface area contributed by atoms with Gasteiger partial charge in [-0.05, 0) is 17.0 Å². The highest BCUT2D eigenvalue weighted by Gasteiger charge is 2.05. The number of rotatable bonds is 2. The second-order valence-electron chi connectivity index (χ2n) is 3.42. The van der Waals surface area contributed by atoms with Gasteiger partial charge in [-0.25, -0.2) is 0 Å². The predicted molar refractivity (Wildman–Crippen MR) is 68.5 cm³/mol. The largest absolute Gasteiger partial charge is 0.398 e. The minimum atomic E-state index is 0.776. The van der Waals surface area contributed by atoms with Gasteiger partial charge in [-0.2, -0.15) is 0 Å². The van der Waals surface area contributed by atoms with E-state index in [-0.39, 0.29) is 0 Å². The Labute approximate surface area is 89.5 Å². The fraction of sp³-hybridized carbons (Fsp3) is 0. The van der Waals surface area contributed by atoms with Crippen LogP contribution in [0, 0.1) is 0 Å². The molecule has 0 saturated carbocycles. The van der Waals surface area contributed by atoms with Crippen LogP contribution < -0.4 is 5.73 Å². The lowest BCUT2D eigenvalue weighted by molar-refractivity contribution is 1.65. The van der Waals surface area contributed by atoms with E-state index in [1.54, 1.807) is 12.2 Å². The van der Waals surface area contributed by atoms with Gasteiger partial charge in [-0.1, -0.05) is 49.6 Å². The average molecular weight is 195 g/mol. The van der Waals surface area contributed by atoms with Gasteiger partial charge in [0.2, 0.25) is 0 Å². The van der Waals surface area contributed by atoms with Crippen LogP contribution in [0.1, 0.15) is 11.1 Å². The van der Waals surface area contributed by atoms with E-state index in [1.807, 2.05) is 24.3 Å². The minimum Gasteiger partial charge on any atom is -0.398 e. The molecule has 0 unspecified atom stereocenters. The molecule has 2 N–H and O–H groups in total. The van der Waals surface area contributed by atoms with Crippen LogP contribution >= 0.6 is 0 Å². The highest BCUT2D eigenvalue weighted by molar-refractivity contribution is 5.99. The van der Waals surface area contributed by atoms with Crippen molar-refractivity contribution in [1.29, 1.82) is 0 Å². The third-order valence-electron chi connectivity index (χ3n) is 2.59. The maximum absolute atomic E-state index is 6.09. The lowest BCUT2D eigenvalue weighted by Crippen LogP contribution is -1.94. The van der Waals surface area contributed by atoms with Gasteiger partial charge in [0.1, 0.15) is 0 Å². The summed E-state index contributed by atoms with van der Waals surface area (Å²) < 4.78 is 0. The van der Waals surface area contributed by atoms with Crippen molar-refractivity contribution in [2.24, 2.45) is 0 Å². The van der Waals surface area contributed by atoms with E-state index in [0.29, 0.717) is 0 Å². The standard InChI is InChI=1S/C14H13N/c1-3-10-9-11-7-5-6-8-13(11)14(15)12(10)4-2/h3-9H,1-2,15H2. The molecule has 0 aromatic heterocycles. The maximum Gasteiger partial charge on any atom is 0.0473 e. The first-order valence-corrected chi connectivity index (χ1v) is 4.84. The molecule has 0 fully saturated rings. The molecule has 2 aromatic carbocycles. The van der Waals surface area contributed by atoms with E-state index >= 15 is 0 Å². The van der Waals surface area contributed by atoms with Crippen LogP contribution in [0.5, 0.6) is 0 Å². The second-order valence-corrected chi connectivity index (χ2v) is 3.42. The lowest BCUT2D eigenvalue weighted by Gasteiger charge is -2.09. The van der Waals surface area contributed by atoms with E-state index in [2.05, 4.69) is 19.2 Å². The Morgan fingerprint density at radius 2 is 1.80 bits per heavy atom. The molecule has 0 amide bonds. The van der Waals surface area contributed by atoms with E-state index in [0.717, 1.165) is 27.6 Å². The van der Waals surface area contributed by atoms with Gasteiger partial charge < -0.3 is 5.73 Å². The van der Waals surface area contributed by atoms with Gasteiger partial charge in [0.25, 0.3) is 0 Å². The predicted octanol–water partition coefficient (Wildman–Crippen LogP) is 3.71. The molecule has 2 aromatic rings. The summed E-state index contributed by atoms with van der Waals surface area (Å²) in [6, 6.07) is 10.1. The molecule has 0 bridgehead atoms. The molecule has 74 valence electrons. The fourth-order valence-electron chi connectivity index (χ4n) is 1.81. The number of anilines is 1. The lowest BCUT2D eigenvalue weighted by atomic mass is 9.98. The quantitative estimate of drug-likeness (QED) is 0.726. The van der Waals surface area contributed by atoms with Crippen LogP contribution in [0.4, 0.5) is 5.69 Å². The summed E-state index contributed by atoms with van der Waals surface area (Å²) in [6.07, 6.45) is 3.58. The fourth-order valence-corrected chi connectivity index (χ4v) is 1.81. The molecule has 0 atom stereocenters. The Balaban J connectivity index is 2.93. The molecule has 0 heterocycles. The number of benzene rings is 2. The van der Waals surface area contributed by atoms with Crippen molar-refractivity contribution < 1.29 is 0 Å². The molecule has 2 rings (SSSR count). The zero-order valence-corrected chi connectivity index (χ0v) is 8.53. The summed E-state index contributed by atoms with van der Waals surface area (Å²) in [5.74, 6) is 0. The Morgan fingerprint density at radius 1 is 1.07 bits per heavy atom. The van der Waals surface area contributed by atoms with Gasteiger partial charge in [0.05, 0.1) is 0 Å². The molecule has 15 heavy (non-hydrogen) atoms. The van der Waals surface area contributed by atoms with E-state index < -0.39 is 0 Å². The van der Waals surface area contributed by atoms with E-state index in [9.17, 15) is 0 Å². The van der Waals surface area contributed by atoms with Crippen LogP contribution in [-0.4, -0.2) is 0 Å². The van der Waals surface area contributed by atoms with Crippen molar-refractivity contribution in [2.45, 2.75) is 0 Å². The van der Waals surface area contributed by atoms with Crippen LogP contribution in [-0.2, 0) is 0 Å². The molecule has 0 aliphatic heterocycles. The monoisotopic (exact) mass is 195 g/mol. The number of fused-ring (bicyclic) bond motifs is 1. The highest BCUT2D eigenvalue weighted by Crippen LogP contribution is 2.29. The summed E-state index contributed by atoms with van der Waals surface area (Å²) in [7, 11) is 0. The third-order valence-corrected chi connectivity index (χ3v) is 2.59. The van der Waals surface area contributed by atoms with Crippen LogP contribution in [0.15, 0.2) is 43.5 Å². The maximum atomic E-state index is 6.09. The third kappa shape index (κ3) is 1.42. The summed E-state index contributed by atoms with van der Waals surface area (Å²) in [6.45, 7) is 7.56. The zero-order chi connectivity index (χ0) is 10.8. The van der Waals surface area contributed by atoms with Crippen molar-refractivity contribution >= 4 is 28.6 Å². The second kappa shape index (κ2) is 3.62. The summed E-state index contributed by atoms with van der Waals surface area (Å²) in [5.41, 5.74) is 8.85. The summed E-state index contributed by atoms with van der Waals surface area (Å²) >= 11 is 0. The molecule has 0 spiro atoms. The van der Waals surface area contributed by atoms with Gasteiger partial charge in [-0.15, -0.1) is 0 Å². The first-order chi connectivity index (χ1) is 7.27. The number of hydrogen-bond donors (Lipinski definition) is 1. The normalized spacial score (nSPS) is 10.1. The number of nitrogen functional groups attached to an aromatic ring is 1. The van der Waals surface area contributed by atoms with Crippen molar-refractivity contribution in [3.63, 3.8) is 0 Å². The molecule has 0 radical (unpaired) electrons. The van der Waals surface area contributed by atoms with Crippen LogP contribution in [0.2, 0.25) is 0 Å². The van der Waals surface area contributed by atoms with E-state index in [4.69, 9.17) is 5.73 Å². The molecular formula is C14H13N. The number of hydrogen-bond acceptors (Lipinski definition) is 1. The Morgan fingerprint density at radius 3 is 2.47 bits per heavy atom. The van der Waals surface area contributed by atoms with Crippen molar-refractivity contribution in [3.05, 3.63) is 54.6 Å². The molecule has 0 aliphatic carbocycles. The molecular weight excluding hydrogens is 182 g/mol. The van der Waals surface area contributed by atoms with Gasteiger partial charge in [0, 0.05) is 16.6 Å². The number of nitrogens with two attached hydrogens (primary N) is 1. The average Bonchev–Trinajstić information content (AvgIpc) is 2.29. The first kappa shape index (κ1) is 9.53. The molecule has 0 aliphatic rings. The first-order valence-electron chi connectivity index (χ1n) is 4.84. The van der Waals surface area contributed by atoms with Crippen molar-refractivity contribution in [1.82, 2.24) is 0 Å².